The largest absolute Gasteiger partial charge is 0.469 e. The van der Waals surface area contributed by atoms with Crippen molar-refractivity contribution in [3.63, 3.8) is 0 Å². The minimum atomic E-state index is -0.366. The third kappa shape index (κ3) is 3.38. The summed E-state index contributed by atoms with van der Waals surface area (Å²) in [5, 5.41) is 10.5. The van der Waals surface area contributed by atoms with Crippen LogP contribution in [0.1, 0.15) is 47.0 Å². The van der Waals surface area contributed by atoms with Gasteiger partial charge >= 0.3 is 5.97 Å². The van der Waals surface area contributed by atoms with E-state index in [1.807, 2.05) is 13.8 Å². The standard InChI is InChI=1S/C16H28O3/c1-10(2)9-13(17)12-8-7-11(3)14(15(18)19-6)16(12,4)5/h10,12-14,17H,3,7-9H2,1-2,4-6H3/t12-,13?,14-/m0/s1. The number of esters is 1. The van der Waals surface area contributed by atoms with E-state index < -0.39 is 0 Å². The van der Waals surface area contributed by atoms with Crippen LogP contribution in [0.5, 0.6) is 0 Å². The number of ether oxygens (including phenoxy) is 1. The second-order valence-corrected chi connectivity index (χ2v) is 6.78. The van der Waals surface area contributed by atoms with Gasteiger partial charge in [-0.2, -0.15) is 0 Å². The first-order chi connectivity index (χ1) is 8.71. The molecule has 3 atom stereocenters. The molecule has 0 aromatic rings. The fourth-order valence-electron chi connectivity index (χ4n) is 3.52. The van der Waals surface area contributed by atoms with E-state index in [-0.39, 0.29) is 29.3 Å². The Labute approximate surface area is 117 Å². The van der Waals surface area contributed by atoms with Gasteiger partial charge in [-0.3, -0.25) is 4.79 Å². The topological polar surface area (TPSA) is 46.5 Å². The van der Waals surface area contributed by atoms with Gasteiger partial charge in [0.05, 0.1) is 19.1 Å². The lowest BCUT2D eigenvalue weighted by atomic mass is 9.58. The first-order valence-corrected chi connectivity index (χ1v) is 7.15. The zero-order valence-electron chi connectivity index (χ0n) is 12.9. The molecule has 3 heteroatoms. The van der Waals surface area contributed by atoms with Crippen LogP contribution in [0.4, 0.5) is 0 Å². The first kappa shape index (κ1) is 16.2. The van der Waals surface area contributed by atoms with E-state index >= 15 is 0 Å². The van der Waals surface area contributed by atoms with E-state index in [4.69, 9.17) is 4.74 Å². The highest BCUT2D eigenvalue weighted by Crippen LogP contribution is 2.49. The summed E-state index contributed by atoms with van der Waals surface area (Å²) in [6.07, 6.45) is 2.10. The summed E-state index contributed by atoms with van der Waals surface area (Å²) in [5.74, 6) is 0.0338. The van der Waals surface area contributed by atoms with E-state index in [1.54, 1.807) is 0 Å². The molecule has 1 aliphatic carbocycles. The summed E-state index contributed by atoms with van der Waals surface area (Å²) in [7, 11) is 1.42. The number of rotatable bonds is 4. The second-order valence-electron chi connectivity index (χ2n) is 6.78. The summed E-state index contributed by atoms with van der Waals surface area (Å²) in [4.78, 5) is 12.0. The minimum Gasteiger partial charge on any atom is -0.469 e. The molecule has 0 spiro atoms. The molecule has 1 fully saturated rings. The fraction of sp³-hybridized carbons (Fsp3) is 0.812. The van der Waals surface area contributed by atoms with Crippen molar-refractivity contribution in [3.05, 3.63) is 12.2 Å². The van der Waals surface area contributed by atoms with E-state index in [0.717, 1.165) is 24.8 Å². The van der Waals surface area contributed by atoms with E-state index in [1.165, 1.54) is 7.11 Å². The molecular weight excluding hydrogens is 240 g/mol. The van der Waals surface area contributed by atoms with Crippen molar-refractivity contribution in [2.24, 2.45) is 23.2 Å². The van der Waals surface area contributed by atoms with Crippen LogP contribution in [0.15, 0.2) is 12.2 Å². The van der Waals surface area contributed by atoms with Crippen LogP contribution in [-0.4, -0.2) is 24.3 Å². The van der Waals surface area contributed by atoms with Crippen LogP contribution in [0, 0.1) is 23.2 Å². The lowest BCUT2D eigenvalue weighted by Gasteiger charge is -2.47. The molecule has 1 unspecified atom stereocenters. The van der Waals surface area contributed by atoms with Gasteiger partial charge in [0.25, 0.3) is 0 Å². The average molecular weight is 268 g/mol. The molecular formula is C16H28O3. The van der Waals surface area contributed by atoms with Gasteiger partial charge in [0.1, 0.15) is 0 Å². The van der Waals surface area contributed by atoms with Crippen LogP contribution >= 0.6 is 0 Å². The average Bonchev–Trinajstić information content (AvgIpc) is 2.26. The maximum atomic E-state index is 12.0. The van der Waals surface area contributed by atoms with Crippen LogP contribution in [0.25, 0.3) is 0 Å². The Hall–Kier alpha value is -0.830. The Balaban J connectivity index is 2.96. The molecule has 0 saturated heterocycles. The van der Waals surface area contributed by atoms with Crippen molar-refractivity contribution >= 4 is 5.97 Å². The summed E-state index contributed by atoms with van der Waals surface area (Å²) in [5.41, 5.74) is 0.626. The van der Waals surface area contributed by atoms with E-state index in [2.05, 4.69) is 20.4 Å². The number of aliphatic hydroxyl groups is 1. The van der Waals surface area contributed by atoms with Gasteiger partial charge in [-0.25, -0.2) is 0 Å². The van der Waals surface area contributed by atoms with Gasteiger partial charge in [-0.15, -0.1) is 0 Å². The highest BCUT2D eigenvalue weighted by molar-refractivity contribution is 5.76. The predicted octanol–water partition coefficient (Wildman–Crippen LogP) is 3.18. The van der Waals surface area contributed by atoms with Crippen LogP contribution < -0.4 is 0 Å². The molecule has 1 rings (SSSR count). The molecule has 1 N–H and O–H groups in total. The quantitative estimate of drug-likeness (QED) is 0.629. The van der Waals surface area contributed by atoms with Gasteiger partial charge in [0.15, 0.2) is 0 Å². The molecule has 0 heterocycles. The minimum absolute atomic E-state index is 0.115. The van der Waals surface area contributed by atoms with E-state index in [9.17, 15) is 9.90 Å². The van der Waals surface area contributed by atoms with Gasteiger partial charge in [0, 0.05) is 0 Å². The van der Waals surface area contributed by atoms with Crippen molar-refractivity contribution in [2.45, 2.75) is 53.1 Å². The molecule has 0 radical (unpaired) electrons. The van der Waals surface area contributed by atoms with Crippen molar-refractivity contribution in [3.8, 4) is 0 Å². The Morgan fingerprint density at radius 3 is 2.58 bits per heavy atom. The molecule has 0 aromatic heterocycles. The zero-order valence-corrected chi connectivity index (χ0v) is 12.9. The summed E-state index contributed by atoms with van der Waals surface area (Å²) in [6.45, 7) is 12.3. The fourth-order valence-corrected chi connectivity index (χ4v) is 3.52. The molecule has 0 aromatic carbocycles. The Morgan fingerprint density at radius 1 is 1.53 bits per heavy atom. The number of hydrogen-bond acceptors (Lipinski definition) is 3. The number of carbonyl (C=O) groups excluding carboxylic acids is 1. The lowest BCUT2D eigenvalue weighted by Crippen LogP contribution is -2.47. The van der Waals surface area contributed by atoms with Crippen LogP contribution in [0.2, 0.25) is 0 Å². The molecule has 0 aliphatic heterocycles. The monoisotopic (exact) mass is 268 g/mol. The van der Waals surface area contributed by atoms with Gasteiger partial charge < -0.3 is 9.84 Å². The number of aliphatic hydroxyl groups excluding tert-OH is 1. The number of carbonyl (C=O) groups is 1. The van der Waals surface area contributed by atoms with E-state index in [0.29, 0.717) is 5.92 Å². The zero-order chi connectivity index (χ0) is 14.8. The van der Waals surface area contributed by atoms with Crippen molar-refractivity contribution < 1.29 is 14.6 Å². The smallest absolute Gasteiger partial charge is 0.313 e. The lowest BCUT2D eigenvalue weighted by molar-refractivity contribution is -0.152. The number of hydrogen-bond donors (Lipinski definition) is 1. The number of methoxy groups -OCH3 is 1. The van der Waals surface area contributed by atoms with Crippen LogP contribution in [-0.2, 0) is 9.53 Å². The molecule has 1 saturated carbocycles. The first-order valence-electron chi connectivity index (χ1n) is 7.15. The Kier molecular flexibility index (Phi) is 5.19. The van der Waals surface area contributed by atoms with Crippen molar-refractivity contribution in [1.82, 2.24) is 0 Å². The second kappa shape index (κ2) is 6.08. The van der Waals surface area contributed by atoms with Gasteiger partial charge in [0.2, 0.25) is 0 Å². The van der Waals surface area contributed by atoms with Crippen LogP contribution in [0.3, 0.4) is 0 Å². The molecule has 3 nitrogen and oxygen atoms in total. The van der Waals surface area contributed by atoms with Gasteiger partial charge in [-0.1, -0.05) is 39.8 Å². The normalized spacial score (nSPS) is 28.3. The molecule has 0 amide bonds. The summed E-state index contributed by atoms with van der Waals surface area (Å²) >= 11 is 0. The van der Waals surface area contributed by atoms with Gasteiger partial charge in [-0.05, 0) is 36.5 Å². The van der Waals surface area contributed by atoms with Crippen molar-refractivity contribution in [1.29, 1.82) is 0 Å². The predicted molar refractivity (Wildman–Crippen MR) is 76.6 cm³/mol. The highest BCUT2D eigenvalue weighted by Gasteiger charge is 2.48. The molecule has 0 bridgehead atoms. The summed E-state index contributed by atoms with van der Waals surface area (Å²) < 4.78 is 4.92. The SMILES string of the molecule is C=C1CC[C@@H](C(O)CC(C)C)C(C)(C)[C@@H]1C(=O)OC. The van der Waals surface area contributed by atoms with Crippen molar-refractivity contribution in [2.75, 3.05) is 7.11 Å². The molecule has 1 aliphatic rings. The maximum absolute atomic E-state index is 12.0. The third-order valence-electron chi connectivity index (χ3n) is 4.50. The highest BCUT2D eigenvalue weighted by atomic mass is 16.5. The Morgan fingerprint density at radius 2 is 2.11 bits per heavy atom. The molecule has 110 valence electrons. The maximum Gasteiger partial charge on any atom is 0.313 e. The summed E-state index contributed by atoms with van der Waals surface area (Å²) in [6, 6.07) is 0. The Bertz CT molecular complexity index is 336. The third-order valence-corrected chi connectivity index (χ3v) is 4.50. The molecule has 19 heavy (non-hydrogen) atoms.